The van der Waals surface area contributed by atoms with Gasteiger partial charge in [-0.25, -0.2) is 0 Å². The summed E-state index contributed by atoms with van der Waals surface area (Å²) in [5, 5.41) is 5.34. The molecule has 0 atom stereocenters. The lowest BCUT2D eigenvalue weighted by molar-refractivity contribution is -0.116. The normalized spacial score (nSPS) is 9.96. The maximum absolute atomic E-state index is 11.9. The summed E-state index contributed by atoms with van der Waals surface area (Å²) in [5.41, 5.74) is 1.12. The topological polar surface area (TPSA) is 67.4 Å². The Bertz CT molecular complexity index is 656. The summed E-state index contributed by atoms with van der Waals surface area (Å²) in [6, 6.07) is 16.3. The molecule has 5 nitrogen and oxygen atoms in total. The highest BCUT2D eigenvalue weighted by Gasteiger charge is 2.06. The van der Waals surface area contributed by atoms with E-state index < -0.39 is 0 Å². The number of ether oxygens (including phenoxy) is 1. The molecule has 0 aromatic heterocycles. The highest BCUT2D eigenvalue weighted by atomic mass is 16.5. The number of amides is 2. The lowest BCUT2D eigenvalue weighted by Crippen LogP contribution is -2.18. The Morgan fingerprint density at radius 3 is 2.57 bits per heavy atom. The van der Waals surface area contributed by atoms with Gasteiger partial charge in [0, 0.05) is 24.7 Å². The quantitative estimate of drug-likeness (QED) is 0.773. The van der Waals surface area contributed by atoms with Gasteiger partial charge >= 0.3 is 0 Å². The second-order valence-corrected chi connectivity index (χ2v) is 4.97. The maximum atomic E-state index is 11.9. The molecule has 23 heavy (non-hydrogen) atoms. The molecule has 120 valence electrons. The van der Waals surface area contributed by atoms with Crippen molar-refractivity contribution in [1.29, 1.82) is 0 Å². The van der Waals surface area contributed by atoms with Crippen molar-refractivity contribution in [1.82, 2.24) is 5.32 Å². The van der Waals surface area contributed by atoms with E-state index in [1.807, 2.05) is 30.3 Å². The number of hydrogen-bond acceptors (Lipinski definition) is 3. The number of carbonyl (C=O) groups excluding carboxylic acids is 2. The van der Waals surface area contributed by atoms with Crippen molar-refractivity contribution < 1.29 is 14.3 Å². The van der Waals surface area contributed by atoms with E-state index in [2.05, 4.69) is 10.6 Å². The second kappa shape index (κ2) is 8.58. The Labute approximate surface area is 135 Å². The van der Waals surface area contributed by atoms with Gasteiger partial charge in [-0.15, -0.1) is 0 Å². The summed E-state index contributed by atoms with van der Waals surface area (Å²) in [5.74, 6) is 0.513. The van der Waals surface area contributed by atoms with E-state index >= 15 is 0 Å². The van der Waals surface area contributed by atoms with Crippen molar-refractivity contribution in [3.8, 4) is 5.75 Å². The SMILES string of the molecule is CNC(=O)c1cccc(NC(=O)CCCOc2ccccc2)c1. The van der Waals surface area contributed by atoms with Gasteiger partial charge in [-0.1, -0.05) is 24.3 Å². The Morgan fingerprint density at radius 2 is 1.83 bits per heavy atom. The zero-order chi connectivity index (χ0) is 16.5. The first-order chi connectivity index (χ1) is 11.2. The fraction of sp³-hybridized carbons (Fsp3) is 0.222. The molecule has 2 rings (SSSR count). The van der Waals surface area contributed by atoms with Crippen LogP contribution in [0.5, 0.6) is 5.75 Å². The van der Waals surface area contributed by atoms with Crippen molar-refractivity contribution in [2.75, 3.05) is 19.0 Å². The summed E-state index contributed by atoms with van der Waals surface area (Å²) in [7, 11) is 1.57. The van der Waals surface area contributed by atoms with Crippen molar-refractivity contribution >= 4 is 17.5 Å². The van der Waals surface area contributed by atoms with Gasteiger partial charge in [0.2, 0.25) is 5.91 Å². The number of rotatable bonds is 7. The molecule has 0 aliphatic rings. The highest BCUT2D eigenvalue weighted by molar-refractivity contribution is 5.97. The van der Waals surface area contributed by atoms with Crippen molar-refractivity contribution in [2.45, 2.75) is 12.8 Å². The van der Waals surface area contributed by atoms with Gasteiger partial charge < -0.3 is 15.4 Å². The summed E-state index contributed by atoms with van der Waals surface area (Å²) in [6.07, 6.45) is 0.979. The van der Waals surface area contributed by atoms with Crippen LogP contribution >= 0.6 is 0 Å². The number of para-hydroxylation sites is 1. The van der Waals surface area contributed by atoms with Gasteiger partial charge in [0.05, 0.1) is 6.61 Å². The first kappa shape index (κ1) is 16.5. The third kappa shape index (κ3) is 5.47. The minimum atomic E-state index is -0.183. The maximum Gasteiger partial charge on any atom is 0.251 e. The predicted octanol–water partition coefficient (Wildman–Crippen LogP) is 2.84. The third-order valence-electron chi connectivity index (χ3n) is 3.20. The molecule has 0 spiro atoms. The molecule has 0 aliphatic heterocycles. The second-order valence-electron chi connectivity index (χ2n) is 4.97. The van der Waals surface area contributed by atoms with Crippen LogP contribution in [0.1, 0.15) is 23.2 Å². The Morgan fingerprint density at radius 1 is 1.04 bits per heavy atom. The molecule has 0 heterocycles. The summed E-state index contributed by atoms with van der Waals surface area (Å²) < 4.78 is 5.54. The standard InChI is InChI=1S/C18H20N2O3/c1-19-18(22)14-7-5-8-15(13-14)20-17(21)11-6-12-23-16-9-3-2-4-10-16/h2-5,7-10,13H,6,11-12H2,1H3,(H,19,22)(H,20,21). The van der Waals surface area contributed by atoms with Gasteiger partial charge in [-0.3, -0.25) is 9.59 Å². The van der Waals surface area contributed by atoms with Crippen molar-refractivity contribution in [2.24, 2.45) is 0 Å². The molecule has 0 radical (unpaired) electrons. The van der Waals surface area contributed by atoms with Crippen molar-refractivity contribution in [3.05, 3.63) is 60.2 Å². The summed E-state index contributed by atoms with van der Waals surface area (Å²) >= 11 is 0. The molecule has 0 bridgehead atoms. The van der Waals surface area contributed by atoms with Crippen LogP contribution in [-0.2, 0) is 4.79 Å². The van der Waals surface area contributed by atoms with Crippen molar-refractivity contribution in [3.63, 3.8) is 0 Å². The van der Waals surface area contributed by atoms with E-state index in [0.717, 1.165) is 5.75 Å². The number of carbonyl (C=O) groups is 2. The zero-order valence-electron chi connectivity index (χ0n) is 13.0. The summed E-state index contributed by atoms with van der Waals surface area (Å²) in [4.78, 5) is 23.5. The largest absolute Gasteiger partial charge is 0.494 e. The van der Waals surface area contributed by atoms with Crippen LogP contribution in [0.25, 0.3) is 0 Å². The molecular formula is C18H20N2O3. The summed E-state index contributed by atoms with van der Waals surface area (Å²) in [6.45, 7) is 0.482. The van der Waals surface area contributed by atoms with Crippen LogP contribution in [0, 0.1) is 0 Å². The predicted molar refractivity (Wildman–Crippen MR) is 89.6 cm³/mol. The Balaban J connectivity index is 1.75. The van der Waals surface area contributed by atoms with Gasteiger partial charge in [-0.05, 0) is 36.8 Å². The molecule has 0 saturated heterocycles. The van der Waals surface area contributed by atoms with Crippen LogP contribution in [0.3, 0.4) is 0 Å². The van der Waals surface area contributed by atoms with E-state index in [1.165, 1.54) is 0 Å². The van der Waals surface area contributed by atoms with E-state index in [9.17, 15) is 9.59 Å². The molecule has 2 N–H and O–H groups in total. The minimum Gasteiger partial charge on any atom is -0.494 e. The van der Waals surface area contributed by atoms with Crippen LogP contribution < -0.4 is 15.4 Å². The molecule has 0 unspecified atom stereocenters. The van der Waals surface area contributed by atoms with Gasteiger partial charge in [0.15, 0.2) is 0 Å². The molecule has 0 fully saturated rings. The van der Waals surface area contributed by atoms with E-state index in [0.29, 0.717) is 30.7 Å². The van der Waals surface area contributed by atoms with Crippen LogP contribution in [0.2, 0.25) is 0 Å². The lowest BCUT2D eigenvalue weighted by atomic mass is 10.2. The Kier molecular flexibility index (Phi) is 6.17. The van der Waals surface area contributed by atoms with E-state index in [1.54, 1.807) is 31.3 Å². The number of hydrogen-bond donors (Lipinski definition) is 2. The fourth-order valence-corrected chi connectivity index (χ4v) is 2.05. The average molecular weight is 312 g/mol. The third-order valence-corrected chi connectivity index (χ3v) is 3.20. The molecule has 5 heteroatoms. The first-order valence-corrected chi connectivity index (χ1v) is 7.49. The van der Waals surface area contributed by atoms with Crippen LogP contribution in [0.15, 0.2) is 54.6 Å². The molecule has 0 aliphatic carbocycles. The first-order valence-electron chi connectivity index (χ1n) is 7.49. The minimum absolute atomic E-state index is 0.101. The fourth-order valence-electron chi connectivity index (χ4n) is 2.05. The van der Waals surface area contributed by atoms with Gasteiger partial charge in [0.25, 0.3) is 5.91 Å². The molecular weight excluding hydrogens is 292 g/mol. The molecule has 2 amide bonds. The highest BCUT2D eigenvalue weighted by Crippen LogP contribution is 2.12. The molecule has 0 saturated carbocycles. The number of nitrogens with one attached hydrogen (secondary N) is 2. The average Bonchev–Trinajstić information content (AvgIpc) is 2.59. The van der Waals surface area contributed by atoms with Gasteiger partial charge in [-0.2, -0.15) is 0 Å². The van der Waals surface area contributed by atoms with Gasteiger partial charge in [0.1, 0.15) is 5.75 Å². The zero-order valence-corrected chi connectivity index (χ0v) is 13.0. The van der Waals surface area contributed by atoms with Crippen LogP contribution in [-0.4, -0.2) is 25.5 Å². The monoisotopic (exact) mass is 312 g/mol. The smallest absolute Gasteiger partial charge is 0.251 e. The number of anilines is 1. The lowest BCUT2D eigenvalue weighted by Gasteiger charge is -2.08. The molecule has 2 aromatic carbocycles. The van der Waals surface area contributed by atoms with E-state index in [-0.39, 0.29) is 11.8 Å². The van der Waals surface area contributed by atoms with E-state index in [4.69, 9.17) is 4.74 Å². The number of benzene rings is 2. The molecule has 2 aromatic rings. The Hall–Kier alpha value is -2.82. The van der Waals surface area contributed by atoms with Crippen LogP contribution in [0.4, 0.5) is 5.69 Å².